The summed E-state index contributed by atoms with van der Waals surface area (Å²) < 4.78 is 2.82. The summed E-state index contributed by atoms with van der Waals surface area (Å²) in [6.07, 6.45) is 5.22. The van der Waals surface area contributed by atoms with Crippen molar-refractivity contribution in [3.05, 3.63) is 96.6 Å². The fourth-order valence-electron chi connectivity index (χ4n) is 3.42. The minimum absolute atomic E-state index is 0.228. The van der Waals surface area contributed by atoms with Crippen LogP contribution in [0.3, 0.4) is 0 Å². The molecule has 0 atom stereocenters. The van der Waals surface area contributed by atoms with E-state index in [1.807, 2.05) is 29.0 Å². The Hall–Kier alpha value is -4.90. The van der Waals surface area contributed by atoms with E-state index in [0.29, 0.717) is 39.2 Å². The van der Waals surface area contributed by atoms with Crippen molar-refractivity contribution in [3.8, 4) is 23.1 Å². The van der Waals surface area contributed by atoms with Crippen LogP contribution in [0.15, 0.2) is 85.5 Å². The van der Waals surface area contributed by atoms with Crippen LogP contribution in [-0.4, -0.2) is 30.4 Å². The SMILES string of the molecule is N#Cc1ccc2nc(-c3ccc(NC(=O)c4ccc(-n5ccnc5)cc4)cc3)n(O)c2c1. The third kappa shape index (κ3) is 3.44. The summed E-state index contributed by atoms with van der Waals surface area (Å²) in [5.74, 6) is 0.122. The lowest BCUT2D eigenvalue weighted by Crippen LogP contribution is -2.11. The van der Waals surface area contributed by atoms with Crippen LogP contribution in [0.1, 0.15) is 15.9 Å². The Morgan fingerprint density at radius 2 is 1.81 bits per heavy atom. The smallest absolute Gasteiger partial charge is 0.255 e. The first-order chi connectivity index (χ1) is 15.6. The van der Waals surface area contributed by atoms with Crippen LogP contribution in [-0.2, 0) is 0 Å². The number of hydrogen-bond acceptors (Lipinski definition) is 5. The molecule has 8 nitrogen and oxygen atoms in total. The van der Waals surface area contributed by atoms with E-state index < -0.39 is 0 Å². The highest BCUT2D eigenvalue weighted by Crippen LogP contribution is 2.25. The van der Waals surface area contributed by atoms with Crippen molar-refractivity contribution in [1.29, 1.82) is 5.26 Å². The van der Waals surface area contributed by atoms with E-state index in [0.717, 1.165) is 10.4 Å². The molecule has 2 aromatic heterocycles. The van der Waals surface area contributed by atoms with Crippen molar-refractivity contribution in [3.63, 3.8) is 0 Å². The van der Waals surface area contributed by atoms with Crippen LogP contribution in [0, 0.1) is 11.3 Å². The second kappa shape index (κ2) is 7.74. The number of aromatic nitrogens is 4. The van der Waals surface area contributed by atoms with Gasteiger partial charge in [-0.05, 0) is 66.7 Å². The number of carbonyl (C=O) groups excluding carboxylic acids is 1. The Morgan fingerprint density at radius 1 is 1.03 bits per heavy atom. The molecule has 0 saturated carbocycles. The Morgan fingerprint density at radius 3 is 2.50 bits per heavy atom. The summed E-state index contributed by atoms with van der Waals surface area (Å²) in [5, 5.41) is 22.4. The molecule has 2 heterocycles. The Bertz CT molecular complexity index is 1460. The Labute approximate surface area is 182 Å². The van der Waals surface area contributed by atoms with Gasteiger partial charge in [0.05, 0.1) is 23.5 Å². The fraction of sp³-hybridized carbons (Fsp3) is 0. The first kappa shape index (κ1) is 19.1. The van der Waals surface area contributed by atoms with Gasteiger partial charge in [-0.15, -0.1) is 0 Å². The third-order valence-corrected chi connectivity index (χ3v) is 5.09. The van der Waals surface area contributed by atoms with Gasteiger partial charge in [0.2, 0.25) is 0 Å². The predicted molar refractivity (Wildman–Crippen MR) is 119 cm³/mol. The molecule has 0 fully saturated rings. The van der Waals surface area contributed by atoms with E-state index in [2.05, 4.69) is 15.3 Å². The van der Waals surface area contributed by atoms with Gasteiger partial charge in [0, 0.05) is 34.9 Å². The zero-order valence-electron chi connectivity index (χ0n) is 16.7. The van der Waals surface area contributed by atoms with Crippen LogP contribution in [0.5, 0.6) is 0 Å². The van der Waals surface area contributed by atoms with Gasteiger partial charge in [-0.25, -0.2) is 9.97 Å². The number of carbonyl (C=O) groups is 1. The molecule has 5 rings (SSSR count). The second-order valence-electron chi connectivity index (χ2n) is 7.11. The van der Waals surface area contributed by atoms with Gasteiger partial charge in [0.15, 0.2) is 5.82 Å². The first-order valence-electron chi connectivity index (χ1n) is 9.74. The van der Waals surface area contributed by atoms with Crippen molar-refractivity contribution in [2.24, 2.45) is 0 Å². The highest BCUT2D eigenvalue weighted by molar-refractivity contribution is 6.04. The molecule has 0 aliphatic heterocycles. The molecule has 0 bridgehead atoms. The topological polar surface area (TPSA) is 109 Å². The predicted octanol–water partition coefficient (Wildman–Crippen LogP) is 4.25. The lowest BCUT2D eigenvalue weighted by atomic mass is 10.1. The van der Waals surface area contributed by atoms with Gasteiger partial charge in [0.25, 0.3) is 5.91 Å². The summed E-state index contributed by atoms with van der Waals surface area (Å²) in [4.78, 5) is 21.0. The first-order valence-corrected chi connectivity index (χ1v) is 9.74. The average molecular weight is 420 g/mol. The van der Waals surface area contributed by atoms with Gasteiger partial charge in [-0.1, -0.05) is 0 Å². The minimum atomic E-state index is -0.228. The number of nitrogens with one attached hydrogen (secondary N) is 1. The average Bonchev–Trinajstić information content (AvgIpc) is 3.48. The molecule has 0 unspecified atom stereocenters. The van der Waals surface area contributed by atoms with Gasteiger partial charge >= 0.3 is 0 Å². The Balaban J connectivity index is 1.34. The number of rotatable bonds is 4. The van der Waals surface area contributed by atoms with E-state index >= 15 is 0 Å². The van der Waals surface area contributed by atoms with Crippen LogP contribution < -0.4 is 5.32 Å². The summed E-state index contributed by atoms with van der Waals surface area (Å²) in [7, 11) is 0. The Kier molecular flexibility index (Phi) is 4.61. The molecular formula is C24H16N6O2. The second-order valence-corrected chi connectivity index (χ2v) is 7.11. The molecule has 154 valence electrons. The van der Waals surface area contributed by atoms with E-state index in [4.69, 9.17) is 5.26 Å². The molecule has 0 aliphatic carbocycles. The molecule has 1 amide bonds. The fourth-order valence-corrected chi connectivity index (χ4v) is 3.42. The van der Waals surface area contributed by atoms with Crippen molar-refractivity contribution in [2.45, 2.75) is 0 Å². The highest BCUT2D eigenvalue weighted by atomic mass is 16.5. The quantitative estimate of drug-likeness (QED) is 0.423. The largest absolute Gasteiger partial charge is 0.426 e. The monoisotopic (exact) mass is 420 g/mol. The summed E-state index contributed by atoms with van der Waals surface area (Å²) in [5.41, 5.74) is 4.21. The number of amides is 1. The molecule has 2 N–H and O–H groups in total. The number of imidazole rings is 2. The lowest BCUT2D eigenvalue weighted by molar-refractivity contribution is 0.102. The molecule has 8 heteroatoms. The van der Waals surface area contributed by atoms with E-state index in [9.17, 15) is 10.0 Å². The van der Waals surface area contributed by atoms with Crippen molar-refractivity contribution in [2.75, 3.05) is 5.32 Å². The molecule has 0 spiro atoms. The molecule has 0 aliphatic rings. The van der Waals surface area contributed by atoms with Crippen LogP contribution in [0.4, 0.5) is 5.69 Å². The van der Waals surface area contributed by atoms with Gasteiger partial charge in [-0.3, -0.25) is 4.79 Å². The number of nitrogens with zero attached hydrogens (tertiary/aromatic N) is 5. The third-order valence-electron chi connectivity index (χ3n) is 5.09. The maximum absolute atomic E-state index is 12.6. The van der Waals surface area contributed by atoms with Gasteiger partial charge in [0.1, 0.15) is 5.52 Å². The number of benzene rings is 3. The van der Waals surface area contributed by atoms with Crippen LogP contribution in [0.25, 0.3) is 28.1 Å². The van der Waals surface area contributed by atoms with Crippen LogP contribution >= 0.6 is 0 Å². The summed E-state index contributed by atoms with van der Waals surface area (Å²) in [6, 6.07) is 21.2. The minimum Gasteiger partial charge on any atom is -0.426 e. The normalized spacial score (nSPS) is 10.7. The highest BCUT2D eigenvalue weighted by Gasteiger charge is 2.13. The number of hydrogen-bond donors (Lipinski definition) is 2. The van der Waals surface area contributed by atoms with Crippen molar-refractivity contribution < 1.29 is 10.0 Å². The van der Waals surface area contributed by atoms with Crippen molar-refractivity contribution >= 4 is 22.6 Å². The van der Waals surface area contributed by atoms with Crippen LogP contribution in [0.2, 0.25) is 0 Å². The number of nitriles is 1. The summed E-state index contributed by atoms with van der Waals surface area (Å²) in [6.45, 7) is 0. The zero-order chi connectivity index (χ0) is 22.1. The standard InChI is InChI=1S/C24H16N6O2/c25-14-16-1-10-21-22(13-16)30(32)23(28-21)17-2-6-19(7-3-17)27-24(31)18-4-8-20(9-5-18)29-12-11-26-15-29/h1-13,15,32H,(H,27,31). The number of fused-ring (bicyclic) bond motifs is 1. The molecule has 3 aromatic carbocycles. The van der Waals surface area contributed by atoms with Gasteiger partial charge in [-0.2, -0.15) is 9.99 Å². The van der Waals surface area contributed by atoms with Gasteiger partial charge < -0.3 is 15.1 Å². The summed E-state index contributed by atoms with van der Waals surface area (Å²) >= 11 is 0. The van der Waals surface area contributed by atoms with E-state index in [1.165, 1.54) is 0 Å². The molecule has 32 heavy (non-hydrogen) atoms. The zero-order valence-corrected chi connectivity index (χ0v) is 16.7. The number of anilines is 1. The molecular weight excluding hydrogens is 404 g/mol. The van der Waals surface area contributed by atoms with E-state index in [1.54, 1.807) is 67.1 Å². The maximum Gasteiger partial charge on any atom is 0.255 e. The molecule has 0 saturated heterocycles. The lowest BCUT2D eigenvalue weighted by Gasteiger charge is -2.08. The molecule has 5 aromatic rings. The maximum atomic E-state index is 12.6. The molecule has 0 radical (unpaired) electrons. The van der Waals surface area contributed by atoms with Crippen molar-refractivity contribution in [1.82, 2.24) is 19.3 Å². The van der Waals surface area contributed by atoms with E-state index in [-0.39, 0.29) is 5.91 Å².